The molecular weight excluding hydrogens is 466 g/mol. The van der Waals surface area contributed by atoms with Crippen LogP contribution in [0, 0.1) is 0 Å². The number of amides is 1. The van der Waals surface area contributed by atoms with Crippen molar-refractivity contribution in [3.63, 3.8) is 0 Å². The number of nitrogens with zero attached hydrogens (tertiary/aromatic N) is 2. The summed E-state index contributed by atoms with van der Waals surface area (Å²) < 4.78 is 5.98. The summed E-state index contributed by atoms with van der Waals surface area (Å²) in [5, 5.41) is 6.44. The van der Waals surface area contributed by atoms with Crippen molar-refractivity contribution in [2.45, 2.75) is 19.5 Å². The Bertz CT molecular complexity index is 1230. The van der Waals surface area contributed by atoms with E-state index in [2.05, 4.69) is 47.4 Å². The van der Waals surface area contributed by atoms with Gasteiger partial charge in [-0.05, 0) is 55.4 Å². The van der Waals surface area contributed by atoms with Gasteiger partial charge in [-0.15, -0.1) is 11.3 Å². The number of nitrogens with one attached hydrogen (secondary N) is 1. The van der Waals surface area contributed by atoms with E-state index in [1.165, 1.54) is 0 Å². The normalized spacial score (nSPS) is 11.9. The van der Waals surface area contributed by atoms with Crippen molar-refractivity contribution < 1.29 is 9.53 Å². The largest absolute Gasteiger partial charge is 0.483 e. The van der Waals surface area contributed by atoms with Crippen LogP contribution in [0.5, 0.6) is 5.75 Å². The number of anilines is 1. The Hall–Kier alpha value is -3.19. The molecule has 4 aromatic rings. The average molecular weight is 492 g/mol. The zero-order valence-electron chi connectivity index (χ0n) is 19.1. The van der Waals surface area contributed by atoms with Gasteiger partial charge in [-0.2, -0.15) is 0 Å². The van der Waals surface area contributed by atoms with E-state index >= 15 is 0 Å². The predicted octanol–water partition coefficient (Wildman–Crippen LogP) is 6.67. The van der Waals surface area contributed by atoms with Crippen molar-refractivity contribution in [2.75, 3.05) is 19.0 Å². The smallest absolute Gasteiger partial charge is 0.262 e. The molecule has 3 aromatic carbocycles. The third kappa shape index (κ3) is 6.23. The van der Waals surface area contributed by atoms with Crippen molar-refractivity contribution in [1.29, 1.82) is 0 Å². The van der Waals surface area contributed by atoms with Crippen molar-refractivity contribution in [3.05, 3.63) is 100.0 Å². The van der Waals surface area contributed by atoms with Crippen LogP contribution in [0.15, 0.2) is 84.4 Å². The third-order valence-corrected chi connectivity index (χ3v) is 6.71. The second-order valence-corrected chi connectivity index (χ2v) is 9.36. The fraction of sp³-hybridized carbons (Fsp3) is 0.185. The Morgan fingerprint density at radius 1 is 1.09 bits per heavy atom. The molecule has 0 radical (unpaired) electrons. The highest BCUT2D eigenvalue weighted by Gasteiger charge is 2.17. The van der Waals surface area contributed by atoms with Crippen LogP contribution in [0.2, 0.25) is 5.02 Å². The zero-order valence-corrected chi connectivity index (χ0v) is 20.6. The van der Waals surface area contributed by atoms with Gasteiger partial charge in [0.15, 0.2) is 6.61 Å². The molecule has 0 spiro atoms. The zero-order chi connectivity index (χ0) is 23.9. The van der Waals surface area contributed by atoms with Gasteiger partial charge in [0.05, 0.1) is 6.04 Å². The first-order valence-corrected chi connectivity index (χ1v) is 12.2. The third-order valence-electron chi connectivity index (χ3n) is 5.52. The van der Waals surface area contributed by atoms with Crippen molar-refractivity contribution >= 4 is 34.5 Å². The number of thiazole rings is 1. The molecule has 4 rings (SSSR count). The summed E-state index contributed by atoms with van der Waals surface area (Å²) in [5.41, 5.74) is 3.87. The summed E-state index contributed by atoms with van der Waals surface area (Å²) in [6.07, 6.45) is 1.83. The Morgan fingerprint density at radius 3 is 2.65 bits per heavy atom. The molecule has 174 valence electrons. The van der Waals surface area contributed by atoms with E-state index < -0.39 is 0 Å². The van der Waals surface area contributed by atoms with Gasteiger partial charge in [0.2, 0.25) is 0 Å². The minimum Gasteiger partial charge on any atom is -0.483 e. The van der Waals surface area contributed by atoms with Crippen LogP contribution in [-0.4, -0.2) is 29.4 Å². The summed E-state index contributed by atoms with van der Waals surface area (Å²) in [6.45, 7) is 2.68. The van der Waals surface area contributed by atoms with E-state index in [1.54, 1.807) is 35.6 Å². The number of hydrogen-bond donors (Lipinski definition) is 1. The standard InChI is InChI=1S/C27H26ClN3O2S/c1-19(27-29-13-14-34-27)31(2)17-22-15-21(20-7-4-3-5-8-20)11-12-25(22)33-18-26(32)30-24-10-6-9-23(28)16-24/h3-16,19H,17-18H2,1-2H3,(H,30,32)/t19-/m1/s1. The Balaban J connectivity index is 1.52. The van der Waals surface area contributed by atoms with Crippen LogP contribution in [0.25, 0.3) is 11.1 Å². The van der Waals surface area contributed by atoms with Gasteiger partial charge in [-0.25, -0.2) is 4.98 Å². The van der Waals surface area contributed by atoms with Gasteiger partial charge in [-0.1, -0.05) is 54.1 Å². The topological polar surface area (TPSA) is 54.5 Å². The van der Waals surface area contributed by atoms with Crippen LogP contribution in [0.1, 0.15) is 23.5 Å². The highest BCUT2D eigenvalue weighted by molar-refractivity contribution is 7.09. The lowest BCUT2D eigenvalue weighted by molar-refractivity contribution is -0.118. The number of benzene rings is 3. The molecule has 7 heteroatoms. The predicted molar refractivity (Wildman–Crippen MR) is 139 cm³/mol. The lowest BCUT2D eigenvalue weighted by atomic mass is 10.0. The number of halogens is 1. The molecule has 34 heavy (non-hydrogen) atoms. The molecule has 0 fully saturated rings. The molecule has 0 aliphatic heterocycles. The number of carbonyl (C=O) groups is 1. The number of hydrogen-bond acceptors (Lipinski definition) is 5. The highest BCUT2D eigenvalue weighted by Crippen LogP contribution is 2.30. The van der Waals surface area contributed by atoms with Crippen LogP contribution in [0.4, 0.5) is 5.69 Å². The van der Waals surface area contributed by atoms with Crippen LogP contribution in [-0.2, 0) is 11.3 Å². The first kappa shape index (κ1) is 24.0. The summed E-state index contributed by atoms with van der Waals surface area (Å²) in [5.74, 6) is 0.434. The van der Waals surface area contributed by atoms with E-state index in [4.69, 9.17) is 16.3 Å². The number of rotatable bonds is 9. The van der Waals surface area contributed by atoms with Gasteiger partial charge in [-0.3, -0.25) is 9.69 Å². The lowest BCUT2D eigenvalue weighted by Crippen LogP contribution is -2.23. The Labute approximate surface area is 209 Å². The van der Waals surface area contributed by atoms with Crippen LogP contribution >= 0.6 is 22.9 Å². The molecule has 1 atom stereocenters. The van der Waals surface area contributed by atoms with Crippen LogP contribution in [0.3, 0.4) is 0 Å². The average Bonchev–Trinajstić information content (AvgIpc) is 3.38. The summed E-state index contributed by atoms with van der Waals surface area (Å²) in [4.78, 5) is 19.2. The van der Waals surface area contributed by atoms with Gasteiger partial charge in [0, 0.05) is 34.4 Å². The molecule has 0 aliphatic carbocycles. The summed E-state index contributed by atoms with van der Waals surface area (Å²) in [6, 6.07) is 23.5. The molecule has 1 aromatic heterocycles. The maximum Gasteiger partial charge on any atom is 0.262 e. The van der Waals surface area contributed by atoms with E-state index in [0.717, 1.165) is 21.7 Å². The fourth-order valence-corrected chi connectivity index (χ4v) is 4.55. The first-order chi connectivity index (χ1) is 16.5. The molecule has 0 saturated heterocycles. The summed E-state index contributed by atoms with van der Waals surface area (Å²) in [7, 11) is 2.07. The minimum atomic E-state index is -0.245. The number of carbonyl (C=O) groups excluding carboxylic acids is 1. The SMILES string of the molecule is C[C@H](c1nccs1)N(C)Cc1cc(-c2ccccc2)ccc1OCC(=O)Nc1cccc(Cl)c1. The van der Waals surface area contributed by atoms with E-state index in [-0.39, 0.29) is 18.6 Å². The molecule has 0 unspecified atom stereocenters. The molecule has 0 aliphatic rings. The maximum absolute atomic E-state index is 12.5. The van der Waals surface area contributed by atoms with Crippen LogP contribution < -0.4 is 10.1 Å². The van der Waals surface area contributed by atoms with Crippen molar-refractivity contribution in [3.8, 4) is 16.9 Å². The quantitative estimate of drug-likeness (QED) is 0.284. The monoisotopic (exact) mass is 491 g/mol. The first-order valence-electron chi connectivity index (χ1n) is 11.0. The molecule has 1 amide bonds. The van der Waals surface area contributed by atoms with Gasteiger partial charge in [0.25, 0.3) is 5.91 Å². The highest BCUT2D eigenvalue weighted by atomic mass is 35.5. The minimum absolute atomic E-state index is 0.101. The molecule has 5 nitrogen and oxygen atoms in total. The van der Waals surface area contributed by atoms with E-state index in [1.807, 2.05) is 41.9 Å². The number of ether oxygens (including phenoxy) is 1. The lowest BCUT2D eigenvalue weighted by Gasteiger charge is -2.24. The van der Waals surface area contributed by atoms with Crippen molar-refractivity contribution in [1.82, 2.24) is 9.88 Å². The van der Waals surface area contributed by atoms with E-state index in [0.29, 0.717) is 23.0 Å². The molecule has 0 bridgehead atoms. The fourth-order valence-electron chi connectivity index (χ4n) is 3.60. The summed E-state index contributed by atoms with van der Waals surface area (Å²) >= 11 is 7.65. The molecule has 0 saturated carbocycles. The second-order valence-electron chi connectivity index (χ2n) is 8.00. The Morgan fingerprint density at radius 2 is 1.91 bits per heavy atom. The number of aromatic nitrogens is 1. The molecule has 1 N–H and O–H groups in total. The van der Waals surface area contributed by atoms with Gasteiger partial charge < -0.3 is 10.1 Å². The van der Waals surface area contributed by atoms with Crippen molar-refractivity contribution in [2.24, 2.45) is 0 Å². The maximum atomic E-state index is 12.5. The second kappa shape index (κ2) is 11.3. The van der Waals surface area contributed by atoms with E-state index in [9.17, 15) is 4.79 Å². The Kier molecular flexibility index (Phi) is 7.95. The van der Waals surface area contributed by atoms with Gasteiger partial charge >= 0.3 is 0 Å². The molecular formula is C27H26ClN3O2S. The molecule has 1 heterocycles. The van der Waals surface area contributed by atoms with Gasteiger partial charge in [0.1, 0.15) is 10.8 Å².